The number of aromatic nitrogens is 2. The molecule has 0 unspecified atom stereocenters. The number of hydrogen-bond acceptors (Lipinski definition) is 8. The molecular formula is C22H24N4O3S2. The van der Waals surface area contributed by atoms with Crippen LogP contribution in [0.15, 0.2) is 52.9 Å². The fourth-order valence-corrected chi connectivity index (χ4v) is 4.19. The van der Waals surface area contributed by atoms with Gasteiger partial charge in [0.2, 0.25) is 11.0 Å². The van der Waals surface area contributed by atoms with Crippen LogP contribution in [0, 0.1) is 0 Å². The monoisotopic (exact) mass is 456 g/mol. The minimum Gasteiger partial charge on any atom is -0.462 e. The first-order chi connectivity index (χ1) is 14.9. The number of nitrogens with zero attached hydrogens (tertiary/aromatic N) is 2. The van der Waals surface area contributed by atoms with E-state index in [0.29, 0.717) is 33.2 Å². The van der Waals surface area contributed by atoms with E-state index in [0.717, 1.165) is 5.69 Å². The summed E-state index contributed by atoms with van der Waals surface area (Å²) in [6, 6.07) is 14.8. The van der Waals surface area contributed by atoms with Gasteiger partial charge in [-0.2, -0.15) is 0 Å². The molecule has 0 aliphatic rings. The summed E-state index contributed by atoms with van der Waals surface area (Å²) < 4.78 is 5.65. The van der Waals surface area contributed by atoms with E-state index in [1.165, 1.54) is 28.7 Å². The first-order valence-corrected chi connectivity index (χ1v) is 11.6. The van der Waals surface area contributed by atoms with E-state index in [9.17, 15) is 9.59 Å². The lowest BCUT2D eigenvalue weighted by Gasteiger charge is -2.07. The first-order valence-electron chi connectivity index (χ1n) is 9.85. The number of carbonyl (C=O) groups excluding carboxylic acids is 2. The molecule has 0 aliphatic carbocycles. The van der Waals surface area contributed by atoms with Gasteiger partial charge >= 0.3 is 5.97 Å². The van der Waals surface area contributed by atoms with Gasteiger partial charge in [-0.15, -0.1) is 10.2 Å². The van der Waals surface area contributed by atoms with Gasteiger partial charge in [0.15, 0.2) is 4.34 Å². The molecule has 162 valence electrons. The summed E-state index contributed by atoms with van der Waals surface area (Å²) in [6.07, 6.45) is 0. The normalized spacial score (nSPS) is 10.7. The number of nitrogens with one attached hydrogen (secondary N) is 2. The molecule has 0 saturated carbocycles. The fraction of sp³-hybridized carbons (Fsp3) is 0.273. The molecule has 1 aromatic heterocycles. The second kappa shape index (κ2) is 10.9. The fourth-order valence-electron chi connectivity index (χ4n) is 2.62. The van der Waals surface area contributed by atoms with Crippen molar-refractivity contribution in [2.75, 3.05) is 23.0 Å². The van der Waals surface area contributed by atoms with Gasteiger partial charge in [-0.25, -0.2) is 4.79 Å². The number of rotatable bonds is 9. The van der Waals surface area contributed by atoms with Crippen LogP contribution in [-0.2, 0) is 9.53 Å². The second-order valence-electron chi connectivity index (χ2n) is 6.91. The van der Waals surface area contributed by atoms with Crippen molar-refractivity contribution in [3.8, 4) is 0 Å². The molecular weight excluding hydrogens is 432 g/mol. The van der Waals surface area contributed by atoms with E-state index in [-0.39, 0.29) is 17.6 Å². The SMILES string of the molecule is CCOC(=O)c1ccc(NC(=O)CSc2nnc(Nc3ccc(C(C)C)cc3)s2)cc1. The van der Waals surface area contributed by atoms with Crippen molar-refractivity contribution in [2.45, 2.75) is 31.0 Å². The lowest BCUT2D eigenvalue weighted by Crippen LogP contribution is -2.14. The van der Waals surface area contributed by atoms with Crippen molar-refractivity contribution in [1.29, 1.82) is 0 Å². The van der Waals surface area contributed by atoms with Crippen LogP contribution < -0.4 is 10.6 Å². The van der Waals surface area contributed by atoms with Gasteiger partial charge in [-0.3, -0.25) is 4.79 Å². The number of esters is 1. The van der Waals surface area contributed by atoms with Gasteiger partial charge < -0.3 is 15.4 Å². The summed E-state index contributed by atoms with van der Waals surface area (Å²) in [5.41, 5.74) is 3.28. The van der Waals surface area contributed by atoms with Crippen LogP contribution in [0.3, 0.4) is 0 Å². The average Bonchev–Trinajstić information content (AvgIpc) is 3.20. The Morgan fingerprint density at radius 1 is 1.03 bits per heavy atom. The molecule has 0 spiro atoms. The van der Waals surface area contributed by atoms with Crippen molar-refractivity contribution in [3.05, 3.63) is 59.7 Å². The third kappa shape index (κ3) is 6.80. The number of anilines is 3. The van der Waals surface area contributed by atoms with E-state index in [4.69, 9.17) is 4.74 Å². The minimum absolute atomic E-state index is 0.164. The van der Waals surface area contributed by atoms with Crippen molar-refractivity contribution in [3.63, 3.8) is 0 Å². The Balaban J connectivity index is 1.47. The van der Waals surface area contributed by atoms with Crippen LogP contribution in [0.5, 0.6) is 0 Å². The smallest absolute Gasteiger partial charge is 0.338 e. The summed E-state index contributed by atoms with van der Waals surface area (Å²) in [4.78, 5) is 23.9. The average molecular weight is 457 g/mol. The predicted molar refractivity (Wildman–Crippen MR) is 125 cm³/mol. The molecule has 9 heteroatoms. The third-order valence-electron chi connectivity index (χ3n) is 4.24. The Kier molecular flexibility index (Phi) is 8.02. The van der Waals surface area contributed by atoms with E-state index < -0.39 is 0 Å². The minimum atomic E-state index is -0.382. The molecule has 3 aromatic rings. The summed E-state index contributed by atoms with van der Waals surface area (Å²) in [5, 5.41) is 15.0. The molecule has 0 saturated heterocycles. The molecule has 3 rings (SSSR count). The number of benzene rings is 2. The zero-order chi connectivity index (χ0) is 22.2. The largest absolute Gasteiger partial charge is 0.462 e. The van der Waals surface area contributed by atoms with Gasteiger partial charge in [-0.1, -0.05) is 49.1 Å². The van der Waals surface area contributed by atoms with Crippen LogP contribution in [-0.4, -0.2) is 34.4 Å². The Morgan fingerprint density at radius 3 is 2.35 bits per heavy atom. The van der Waals surface area contributed by atoms with Crippen molar-refractivity contribution in [1.82, 2.24) is 10.2 Å². The highest BCUT2D eigenvalue weighted by Crippen LogP contribution is 2.28. The lowest BCUT2D eigenvalue weighted by atomic mass is 10.0. The third-order valence-corrected chi connectivity index (χ3v) is 6.21. The van der Waals surface area contributed by atoms with Crippen molar-refractivity contribution < 1.29 is 14.3 Å². The van der Waals surface area contributed by atoms with Crippen LogP contribution in [0.2, 0.25) is 0 Å². The second-order valence-corrected chi connectivity index (χ2v) is 9.11. The summed E-state index contributed by atoms with van der Waals surface area (Å²) in [5.74, 6) is 0.146. The van der Waals surface area contributed by atoms with E-state index in [2.05, 4.69) is 46.8 Å². The Labute approximate surface area is 189 Å². The molecule has 0 atom stereocenters. The molecule has 2 aromatic carbocycles. The van der Waals surface area contributed by atoms with Gasteiger partial charge in [-0.05, 0) is 54.8 Å². The quantitative estimate of drug-likeness (QED) is 0.333. The highest BCUT2D eigenvalue weighted by atomic mass is 32.2. The molecule has 0 aliphatic heterocycles. The van der Waals surface area contributed by atoms with Crippen LogP contribution in [0.1, 0.15) is 42.6 Å². The van der Waals surface area contributed by atoms with E-state index in [1.807, 2.05) is 12.1 Å². The molecule has 31 heavy (non-hydrogen) atoms. The number of thioether (sulfide) groups is 1. The topological polar surface area (TPSA) is 93.2 Å². The molecule has 1 amide bonds. The standard InChI is InChI=1S/C22H24N4O3S2/c1-4-29-20(28)16-7-11-17(12-8-16)23-19(27)13-30-22-26-25-21(31-22)24-18-9-5-15(6-10-18)14(2)3/h5-12,14H,4,13H2,1-3H3,(H,23,27)(H,24,25). The van der Waals surface area contributed by atoms with Gasteiger partial charge in [0.25, 0.3) is 0 Å². The zero-order valence-electron chi connectivity index (χ0n) is 17.5. The Morgan fingerprint density at radius 2 is 1.71 bits per heavy atom. The van der Waals surface area contributed by atoms with Crippen molar-refractivity contribution >= 4 is 51.5 Å². The van der Waals surface area contributed by atoms with Crippen LogP contribution in [0.4, 0.5) is 16.5 Å². The predicted octanol–water partition coefficient (Wildman–Crippen LogP) is 5.31. The summed E-state index contributed by atoms with van der Waals surface area (Å²) in [6.45, 7) is 6.39. The zero-order valence-corrected chi connectivity index (χ0v) is 19.2. The van der Waals surface area contributed by atoms with E-state index in [1.54, 1.807) is 31.2 Å². The summed E-state index contributed by atoms with van der Waals surface area (Å²) in [7, 11) is 0. The maximum absolute atomic E-state index is 12.2. The first kappa shape index (κ1) is 22.8. The number of ether oxygens (including phenoxy) is 1. The van der Waals surface area contributed by atoms with Gasteiger partial charge in [0, 0.05) is 11.4 Å². The van der Waals surface area contributed by atoms with Crippen LogP contribution in [0.25, 0.3) is 0 Å². The number of amides is 1. The van der Waals surface area contributed by atoms with Crippen molar-refractivity contribution in [2.24, 2.45) is 0 Å². The molecule has 2 N–H and O–H groups in total. The van der Waals surface area contributed by atoms with E-state index >= 15 is 0 Å². The molecule has 0 radical (unpaired) electrons. The maximum atomic E-state index is 12.2. The molecule has 7 nitrogen and oxygen atoms in total. The molecule has 0 fully saturated rings. The number of carbonyl (C=O) groups is 2. The number of hydrogen-bond donors (Lipinski definition) is 2. The van der Waals surface area contributed by atoms with Gasteiger partial charge in [0.05, 0.1) is 17.9 Å². The lowest BCUT2D eigenvalue weighted by molar-refractivity contribution is -0.113. The maximum Gasteiger partial charge on any atom is 0.338 e. The Hall–Kier alpha value is -2.91. The summed E-state index contributed by atoms with van der Waals surface area (Å²) >= 11 is 2.71. The highest BCUT2D eigenvalue weighted by molar-refractivity contribution is 8.01. The van der Waals surface area contributed by atoms with Gasteiger partial charge in [0.1, 0.15) is 0 Å². The molecule has 1 heterocycles. The highest BCUT2D eigenvalue weighted by Gasteiger charge is 2.10. The molecule has 0 bridgehead atoms. The van der Waals surface area contributed by atoms with Crippen LogP contribution >= 0.6 is 23.1 Å². The Bertz CT molecular complexity index is 1020.